The van der Waals surface area contributed by atoms with Gasteiger partial charge in [0.1, 0.15) is 10.6 Å². The Morgan fingerprint density at radius 3 is 2.64 bits per heavy atom. The summed E-state index contributed by atoms with van der Waals surface area (Å²) in [5.74, 6) is 1.03. The van der Waals surface area contributed by atoms with E-state index in [9.17, 15) is 13.2 Å². The van der Waals surface area contributed by atoms with E-state index in [2.05, 4.69) is 45.2 Å². The van der Waals surface area contributed by atoms with Gasteiger partial charge in [-0.2, -0.15) is 0 Å². The van der Waals surface area contributed by atoms with Crippen molar-refractivity contribution in [2.45, 2.75) is 36.5 Å². The van der Waals surface area contributed by atoms with Gasteiger partial charge in [-0.1, -0.05) is 18.1 Å². The molecule has 10 heteroatoms. The highest BCUT2D eigenvalue weighted by atomic mass is 32.2. The van der Waals surface area contributed by atoms with Crippen molar-refractivity contribution in [3.05, 3.63) is 53.1 Å². The highest BCUT2D eigenvalue weighted by molar-refractivity contribution is 7.92. The van der Waals surface area contributed by atoms with Crippen molar-refractivity contribution in [3.8, 4) is 17.1 Å². The molecule has 0 bridgehead atoms. The van der Waals surface area contributed by atoms with Crippen LogP contribution >= 0.6 is 0 Å². The highest BCUT2D eigenvalue weighted by Crippen LogP contribution is 2.62. The maximum absolute atomic E-state index is 13.4. The molecular formula is C26H28N4O5S. The number of benzene rings is 2. The van der Waals surface area contributed by atoms with Crippen LogP contribution in [-0.4, -0.2) is 46.7 Å². The minimum atomic E-state index is -4.07. The normalized spacial score (nSPS) is 21.9. The van der Waals surface area contributed by atoms with Crippen LogP contribution in [0.5, 0.6) is 5.75 Å². The Hall–Kier alpha value is -3.53. The van der Waals surface area contributed by atoms with Gasteiger partial charge in [0.25, 0.3) is 15.9 Å². The van der Waals surface area contributed by atoms with Crippen molar-refractivity contribution in [2.24, 2.45) is 5.92 Å². The van der Waals surface area contributed by atoms with E-state index in [0.717, 1.165) is 36.3 Å². The Labute approximate surface area is 209 Å². The molecule has 0 radical (unpaired) electrons. The Kier molecular flexibility index (Phi) is 5.08. The summed E-state index contributed by atoms with van der Waals surface area (Å²) in [6.45, 7) is 4.30. The second kappa shape index (κ2) is 7.99. The van der Waals surface area contributed by atoms with E-state index >= 15 is 0 Å². The molecule has 2 heterocycles. The molecule has 3 aromatic rings. The van der Waals surface area contributed by atoms with Gasteiger partial charge in [-0.25, -0.2) is 8.42 Å². The predicted molar refractivity (Wildman–Crippen MR) is 135 cm³/mol. The third kappa shape index (κ3) is 3.38. The number of amides is 1. The Morgan fingerprint density at radius 1 is 1.22 bits per heavy atom. The Morgan fingerprint density at radius 2 is 2.00 bits per heavy atom. The Bertz CT molecular complexity index is 1490. The number of nitrogens with one attached hydrogen (secondary N) is 2. The summed E-state index contributed by atoms with van der Waals surface area (Å²) in [5.41, 5.74) is 4.44. The smallest absolute Gasteiger partial charge is 0.266 e. The second-order valence-corrected chi connectivity index (χ2v) is 11.5. The summed E-state index contributed by atoms with van der Waals surface area (Å²) in [6.07, 6.45) is 2.88. The van der Waals surface area contributed by atoms with Crippen LogP contribution in [-0.2, 0) is 21.9 Å². The number of fused-ring (bicyclic) bond motifs is 4. The quantitative estimate of drug-likeness (QED) is 0.523. The van der Waals surface area contributed by atoms with Crippen molar-refractivity contribution in [2.75, 3.05) is 36.9 Å². The summed E-state index contributed by atoms with van der Waals surface area (Å²) >= 11 is 0. The zero-order valence-corrected chi connectivity index (χ0v) is 21.2. The van der Waals surface area contributed by atoms with Crippen LogP contribution in [0.4, 0.5) is 11.5 Å². The first-order chi connectivity index (χ1) is 17.3. The first-order valence-corrected chi connectivity index (χ1v) is 13.6. The molecule has 1 amide bonds. The predicted octanol–water partition coefficient (Wildman–Crippen LogP) is 3.55. The lowest BCUT2D eigenvalue weighted by molar-refractivity contribution is 0.0962. The van der Waals surface area contributed by atoms with Gasteiger partial charge < -0.3 is 19.5 Å². The van der Waals surface area contributed by atoms with Gasteiger partial charge in [-0.3, -0.25) is 9.52 Å². The number of anilines is 2. The molecule has 9 nitrogen and oxygen atoms in total. The minimum absolute atomic E-state index is 0.0333. The van der Waals surface area contributed by atoms with E-state index in [0.29, 0.717) is 23.7 Å². The zero-order chi connectivity index (χ0) is 25.2. The van der Waals surface area contributed by atoms with E-state index in [1.54, 1.807) is 0 Å². The molecule has 2 N–H and O–H groups in total. The van der Waals surface area contributed by atoms with Gasteiger partial charge >= 0.3 is 0 Å². The molecule has 1 saturated heterocycles. The fraction of sp³-hybridized carbons (Fsp3) is 0.385. The number of hydrogen-bond acceptors (Lipinski definition) is 7. The van der Waals surface area contributed by atoms with Crippen molar-refractivity contribution in [3.63, 3.8) is 0 Å². The molecule has 2 unspecified atom stereocenters. The summed E-state index contributed by atoms with van der Waals surface area (Å²) in [7, 11) is -1.20. The lowest BCUT2D eigenvalue weighted by Crippen LogP contribution is -2.37. The standard InChI is InChI=1S/C26H28N4O5S/c1-15-13-26(15)14-19-23(18-12-17(6-7-20(18)26)30-9-4-10-30)35-28-24(19)29-36(32,33)22-8-5-16(25(31)27-2)11-21(22)34-3/h5-8,11-12,15H,4,9-10,13-14H2,1-3H3,(H,27,31)(H,28,29). The third-order valence-electron chi connectivity index (χ3n) is 7.91. The number of ether oxygens (including phenoxy) is 1. The molecule has 2 fully saturated rings. The SMILES string of the molecule is CNC(=O)c1ccc(S(=O)(=O)Nc2noc3c2CC2(CC2C)c2ccc(N4CCC4)cc2-3)c(OC)c1. The number of rotatable bonds is 6. The van der Waals surface area contributed by atoms with Crippen LogP contribution < -0.4 is 19.7 Å². The number of sulfonamides is 1. The van der Waals surface area contributed by atoms with Crippen molar-refractivity contribution in [1.29, 1.82) is 0 Å². The number of nitrogens with zero attached hydrogens (tertiary/aromatic N) is 2. The average Bonchev–Trinajstić information content (AvgIpc) is 3.31. The number of aromatic nitrogens is 1. The van der Waals surface area contributed by atoms with Gasteiger partial charge in [0.05, 0.1) is 7.11 Å². The number of carbonyl (C=O) groups is 1. The van der Waals surface area contributed by atoms with Crippen LogP contribution in [0.3, 0.4) is 0 Å². The van der Waals surface area contributed by atoms with E-state index in [1.807, 2.05) is 0 Å². The molecule has 1 aliphatic heterocycles. The van der Waals surface area contributed by atoms with Crippen LogP contribution in [0.2, 0.25) is 0 Å². The van der Waals surface area contributed by atoms with Crippen molar-refractivity contribution in [1.82, 2.24) is 10.5 Å². The molecule has 2 aliphatic carbocycles. The fourth-order valence-electron chi connectivity index (χ4n) is 5.57. The molecular weight excluding hydrogens is 480 g/mol. The summed E-state index contributed by atoms with van der Waals surface area (Å²) in [5, 5.41) is 6.68. The van der Waals surface area contributed by atoms with Gasteiger partial charge in [0.2, 0.25) is 0 Å². The highest BCUT2D eigenvalue weighted by Gasteiger charge is 2.56. The van der Waals surface area contributed by atoms with E-state index in [4.69, 9.17) is 9.26 Å². The molecule has 1 saturated carbocycles. The summed E-state index contributed by atoms with van der Waals surface area (Å²) < 4.78 is 40.5. The van der Waals surface area contributed by atoms with Crippen LogP contribution in [0.15, 0.2) is 45.8 Å². The van der Waals surface area contributed by atoms with Gasteiger partial charge in [-0.15, -0.1) is 0 Å². The molecule has 2 aromatic carbocycles. The monoisotopic (exact) mass is 508 g/mol. The van der Waals surface area contributed by atoms with Crippen LogP contribution in [0.1, 0.15) is 41.3 Å². The summed E-state index contributed by atoms with van der Waals surface area (Å²) in [6, 6.07) is 10.8. The Balaban J connectivity index is 1.38. The minimum Gasteiger partial charge on any atom is -0.495 e. The van der Waals surface area contributed by atoms with Crippen molar-refractivity contribution >= 4 is 27.4 Å². The molecule has 188 valence electrons. The van der Waals surface area contributed by atoms with Crippen LogP contribution in [0.25, 0.3) is 11.3 Å². The first kappa shape index (κ1) is 22.9. The number of hydrogen-bond donors (Lipinski definition) is 2. The average molecular weight is 509 g/mol. The lowest BCUT2D eigenvalue weighted by atomic mass is 9.77. The van der Waals surface area contributed by atoms with Crippen molar-refractivity contribution < 1.29 is 22.5 Å². The molecule has 6 rings (SSSR count). The lowest BCUT2D eigenvalue weighted by Gasteiger charge is -2.34. The fourth-order valence-corrected chi connectivity index (χ4v) is 6.75. The third-order valence-corrected chi connectivity index (χ3v) is 9.29. The zero-order valence-electron chi connectivity index (χ0n) is 20.4. The van der Waals surface area contributed by atoms with E-state index in [1.165, 1.54) is 44.3 Å². The van der Waals surface area contributed by atoms with Gasteiger partial charge in [-0.05, 0) is 61.1 Å². The molecule has 2 atom stereocenters. The first-order valence-electron chi connectivity index (χ1n) is 12.1. The van der Waals surface area contributed by atoms with Gasteiger partial charge in [0, 0.05) is 47.9 Å². The molecule has 3 aliphatic rings. The number of methoxy groups -OCH3 is 1. The van der Waals surface area contributed by atoms with E-state index in [-0.39, 0.29) is 27.8 Å². The maximum atomic E-state index is 13.4. The van der Waals surface area contributed by atoms with Crippen LogP contribution in [0, 0.1) is 5.92 Å². The molecule has 1 aromatic heterocycles. The number of carbonyl (C=O) groups excluding carboxylic acids is 1. The topological polar surface area (TPSA) is 114 Å². The van der Waals surface area contributed by atoms with Gasteiger partial charge in [0.15, 0.2) is 11.6 Å². The summed E-state index contributed by atoms with van der Waals surface area (Å²) in [4.78, 5) is 14.2. The van der Waals surface area contributed by atoms with E-state index < -0.39 is 10.0 Å². The molecule has 1 spiro atoms. The molecule has 36 heavy (non-hydrogen) atoms. The second-order valence-electron chi connectivity index (χ2n) is 9.90. The largest absolute Gasteiger partial charge is 0.495 e. The maximum Gasteiger partial charge on any atom is 0.266 e.